The van der Waals surface area contributed by atoms with Gasteiger partial charge in [0.25, 0.3) is 0 Å². The van der Waals surface area contributed by atoms with Crippen molar-refractivity contribution >= 4 is 11.7 Å². The highest BCUT2D eigenvalue weighted by Crippen LogP contribution is 2.24. The molecular formula is C10H11NO2. The molecule has 2 rings (SSSR count). The normalized spacial score (nSPS) is 13.8. The van der Waals surface area contributed by atoms with Gasteiger partial charge in [-0.25, -0.2) is 4.79 Å². The molecule has 0 N–H and O–H groups in total. The van der Waals surface area contributed by atoms with Gasteiger partial charge in [-0.05, 0) is 18.2 Å². The molecule has 0 atom stereocenters. The Labute approximate surface area is 76.9 Å². The molecule has 0 saturated carbocycles. The Morgan fingerprint density at radius 2 is 2.15 bits per heavy atom. The molecule has 68 valence electrons. The highest BCUT2D eigenvalue weighted by Gasteiger charge is 2.20. The average molecular weight is 177 g/mol. The van der Waals surface area contributed by atoms with Crippen molar-refractivity contribution in [1.82, 2.24) is 0 Å². The van der Waals surface area contributed by atoms with Gasteiger partial charge in [0.05, 0.1) is 5.56 Å². The second-order valence-electron chi connectivity index (χ2n) is 3.31. The quantitative estimate of drug-likeness (QED) is 0.607. The maximum Gasteiger partial charge on any atom is 0.338 e. The highest BCUT2D eigenvalue weighted by molar-refractivity contribution is 5.93. The third-order valence-electron chi connectivity index (χ3n) is 2.18. The highest BCUT2D eigenvalue weighted by atomic mass is 16.5. The van der Waals surface area contributed by atoms with Crippen LogP contribution in [-0.4, -0.2) is 20.1 Å². The number of nitrogens with zero attached hydrogens (tertiary/aromatic N) is 1. The van der Waals surface area contributed by atoms with E-state index in [4.69, 9.17) is 4.74 Å². The van der Waals surface area contributed by atoms with Crippen molar-refractivity contribution in [2.75, 3.05) is 19.0 Å². The van der Waals surface area contributed by atoms with Gasteiger partial charge in [-0.3, -0.25) is 0 Å². The molecular weight excluding hydrogens is 166 g/mol. The topological polar surface area (TPSA) is 29.5 Å². The lowest BCUT2D eigenvalue weighted by atomic mass is 10.1. The summed E-state index contributed by atoms with van der Waals surface area (Å²) < 4.78 is 4.90. The zero-order valence-corrected chi connectivity index (χ0v) is 7.70. The van der Waals surface area contributed by atoms with Crippen molar-refractivity contribution in [3.05, 3.63) is 29.3 Å². The van der Waals surface area contributed by atoms with Gasteiger partial charge in [-0.1, -0.05) is 0 Å². The zero-order valence-electron chi connectivity index (χ0n) is 7.70. The van der Waals surface area contributed by atoms with Crippen molar-refractivity contribution in [3.63, 3.8) is 0 Å². The largest absolute Gasteiger partial charge is 0.457 e. The minimum atomic E-state index is -0.208. The summed E-state index contributed by atoms with van der Waals surface area (Å²) in [6.45, 7) is 0.413. The average Bonchev–Trinajstić information content (AvgIpc) is 2.47. The van der Waals surface area contributed by atoms with Gasteiger partial charge in [0.15, 0.2) is 0 Å². The van der Waals surface area contributed by atoms with Gasteiger partial charge in [-0.15, -0.1) is 0 Å². The van der Waals surface area contributed by atoms with Crippen LogP contribution < -0.4 is 4.90 Å². The summed E-state index contributed by atoms with van der Waals surface area (Å²) in [4.78, 5) is 13.1. The predicted molar refractivity (Wildman–Crippen MR) is 49.9 cm³/mol. The van der Waals surface area contributed by atoms with E-state index < -0.39 is 0 Å². The third kappa shape index (κ3) is 1.26. The van der Waals surface area contributed by atoms with E-state index in [0.717, 1.165) is 11.3 Å². The van der Waals surface area contributed by atoms with Crippen molar-refractivity contribution in [2.45, 2.75) is 6.61 Å². The molecule has 3 heteroatoms. The second kappa shape index (κ2) is 2.76. The standard InChI is InChI=1S/C10H11NO2/c1-11(2)8-3-4-9-7(5-8)6-13-10(9)12/h3-5H,6H2,1-2H3. The first kappa shape index (κ1) is 8.10. The summed E-state index contributed by atoms with van der Waals surface area (Å²) in [6, 6.07) is 5.73. The minimum Gasteiger partial charge on any atom is -0.457 e. The number of fused-ring (bicyclic) bond motifs is 1. The Hall–Kier alpha value is -1.51. The van der Waals surface area contributed by atoms with E-state index in [0.29, 0.717) is 12.2 Å². The molecule has 1 aliphatic rings. The van der Waals surface area contributed by atoms with Crippen LogP contribution in [0.4, 0.5) is 5.69 Å². The number of rotatable bonds is 1. The Bertz CT molecular complexity index is 358. The molecule has 0 aliphatic carbocycles. The maximum atomic E-state index is 11.1. The number of benzene rings is 1. The Morgan fingerprint density at radius 3 is 2.85 bits per heavy atom. The molecule has 1 aromatic carbocycles. The molecule has 1 aromatic rings. The van der Waals surface area contributed by atoms with Crippen molar-refractivity contribution in [3.8, 4) is 0 Å². The van der Waals surface area contributed by atoms with E-state index in [1.165, 1.54) is 0 Å². The number of cyclic esters (lactones) is 1. The molecule has 0 aromatic heterocycles. The van der Waals surface area contributed by atoms with Crippen LogP contribution in [0.25, 0.3) is 0 Å². The number of hydrogen-bond acceptors (Lipinski definition) is 3. The summed E-state index contributed by atoms with van der Waals surface area (Å²) in [5.74, 6) is -0.208. The summed E-state index contributed by atoms with van der Waals surface area (Å²) in [5.41, 5.74) is 2.78. The minimum absolute atomic E-state index is 0.208. The molecule has 0 fully saturated rings. The van der Waals surface area contributed by atoms with Crippen molar-refractivity contribution in [2.24, 2.45) is 0 Å². The third-order valence-corrected chi connectivity index (χ3v) is 2.18. The van der Waals surface area contributed by atoms with Crippen LogP contribution in [0.2, 0.25) is 0 Å². The van der Waals surface area contributed by atoms with Gasteiger partial charge in [0, 0.05) is 25.3 Å². The van der Waals surface area contributed by atoms with Gasteiger partial charge >= 0.3 is 5.97 Å². The lowest BCUT2D eigenvalue weighted by Gasteiger charge is -2.12. The monoisotopic (exact) mass is 177 g/mol. The van der Waals surface area contributed by atoms with Crippen molar-refractivity contribution in [1.29, 1.82) is 0 Å². The number of hydrogen-bond donors (Lipinski definition) is 0. The fourth-order valence-corrected chi connectivity index (χ4v) is 1.40. The first-order valence-electron chi connectivity index (χ1n) is 4.16. The second-order valence-corrected chi connectivity index (χ2v) is 3.31. The molecule has 3 nitrogen and oxygen atoms in total. The van der Waals surface area contributed by atoms with Crippen LogP contribution >= 0.6 is 0 Å². The lowest BCUT2D eigenvalue weighted by molar-refractivity contribution is 0.0535. The molecule has 1 aliphatic heterocycles. The molecule has 0 radical (unpaired) electrons. The first-order valence-corrected chi connectivity index (χ1v) is 4.16. The number of carbonyl (C=O) groups is 1. The van der Waals surface area contributed by atoms with Gasteiger partial charge in [-0.2, -0.15) is 0 Å². The van der Waals surface area contributed by atoms with Gasteiger partial charge in [0.1, 0.15) is 6.61 Å². The molecule has 13 heavy (non-hydrogen) atoms. The number of esters is 1. The van der Waals surface area contributed by atoms with Crippen LogP contribution in [0.3, 0.4) is 0 Å². The Kier molecular flexibility index (Phi) is 1.72. The number of carbonyl (C=O) groups excluding carboxylic acids is 1. The predicted octanol–water partition coefficient (Wildman–Crippen LogP) is 1.42. The van der Waals surface area contributed by atoms with E-state index in [-0.39, 0.29) is 5.97 Å². The van der Waals surface area contributed by atoms with Crippen LogP contribution in [-0.2, 0) is 11.3 Å². The summed E-state index contributed by atoms with van der Waals surface area (Å²) >= 11 is 0. The molecule has 0 unspecified atom stereocenters. The summed E-state index contributed by atoms with van der Waals surface area (Å²) in [6.07, 6.45) is 0. The first-order chi connectivity index (χ1) is 6.18. The summed E-state index contributed by atoms with van der Waals surface area (Å²) in [7, 11) is 3.94. The Morgan fingerprint density at radius 1 is 1.38 bits per heavy atom. The van der Waals surface area contributed by atoms with Crippen LogP contribution in [0.5, 0.6) is 0 Å². The van der Waals surface area contributed by atoms with Crippen molar-refractivity contribution < 1.29 is 9.53 Å². The number of ether oxygens (including phenoxy) is 1. The maximum absolute atomic E-state index is 11.1. The van der Waals surface area contributed by atoms with Gasteiger partial charge in [0.2, 0.25) is 0 Å². The Balaban J connectivity index is 2.45. The summed E-state index contributed by atoms with van der Waals surface area (Å²) in [5, 5.41) is 0. The molecule has 0 bridgehead atoms. The van der Waals surface area contributed by atoms with Crippen LogP contribution in [0.1, 0.15) is 15.9 Å². The fraction of sp³-hybridized carbons (Fsp3) is 0.300. The number of anilines is 1. The SMILES string of the molecule is CN(C)c1ccc2c(c1)COC2=O. The van der Waals surface area contributed by atoms with Gasteiger partial charge < -0.3 is 9.64 Å². The molecule has 0 amide bonds. The van der Waals surface area contributed by atoms with Crippen LogP contribution in [0, 0.1) is 0 Å². The molecule has 1 heterocycles. The lowest BCUT2D eigenvalue weighted by Crippen LogP contribution is -2.08. The van der Waals surface area contributed by atoms with E-state index in [9.17, 15) is 4.79 Å². The zero-order chi connectivity index (χ0) is 9.42. The van der Waals surface area contributed by atoms with E-state index in [1.54, 1.807) is 0 Å². The van der Waals surface area contributed by atoms with E-state index in [1.807, 2.05) is 37.2 Å². The van der Waals surface area contributed by atoms with Crippen LogP contribution in [0.15, 0.2) is 18.2 Å². The van der Waals surface area contributed by atoms with E-state index >= 15 is 0 Å². The van der Waals surface area contributed by atoms with E-state index in [2.05, 4.69) is 0 Å². The molecule has 0 saturated heterocycles. The molecule has 0 spiro atoms. The fourth-order valence-electron chi connectivity index (χ4n) is 1.40. The smallest absolute Gasteiger partial charge is 0.338 e.